The van der Waals surface area contributed by atoms with E-state index in [1.807, 2.05) is 0 Å². The second kappa shape index (κ2) is 19.8. The summed E-state index contributed by atoms with van der Waals surface area (Å²) in [5.41, 5.74) is 26.9. The third-order valence-corrected chi connectivity index (χ3v) is 18.4. The lowest BCUT2D eigenvalue weighted by molar-refractivity contribution is 0.589. The van der Waals surface area contributed by atoms with Crippen LogP contribution in [0.1, 0.15) is 116 Å². The van der Waals surface area contributed by atoms with Crippen molar-refractivity contribution >= 4 is 107 Å². The number of fused-ring (bicyclic) bond motifs is 8. The first-order valence-corrected chi connectivity index (χ1v) is 30.8. The van der Waals surface area contributed by atoms with Gasteiger partial charge in [0.1, 0.15) is 11.3 Å². The van der Waals surface area contributed by atoms with Gasteiger partial charge in [-0.05, 0) is 194 Å². The fourth-order valence-electron chi connectivity index (χ4n) is 13.8. The molecule has 426 valence electrons. The van der Waals surface area contributed by atoms with E-state index in [0.29, 0.717) is 0 Å². The number of furan rings is 1. The Morgan fingerprint density at radius 3 is 1.57 bits per heavy atom. The van der Waals surface area contributed by atoms with Gasteiger partial charge in [-0.15, -0.1) is 0 Å². The summed E-state index contributed by atoms with van der Waals surface area (Å²) in [6.07, 6.45) is 0. The van der Waals surface area contributed by atoms with Crippen molar-refractivity contribution in [1.82, 2.24) is 4.57 Å². The van der Waals surface area contributed by atoms with Crippen molar-refractivity contribution in [3.63, 3.8) is 0 Å². The number of nitrogens with zero attached hydrogens (tertiary/aromatic N) is 4. The Hall–Kier alpha value is -9.00. The second-order valence-electron chi connectivity index (χ2n) is 28.5. The maximum absolute atomic E-state index is 6.67. The van der Waals surface area contributed by atoms with Gasteiger partial charge < -0.3 is 23.7 Å². The van der Waals surface area contributed by atoms with Gasteiger partial charge in [-0.3, -0.25) is 0 Å². The first-order chi connectivity index (χ1) is 41.0. The monoisotopic (exact) mass is 1120 g/mol. The number of hydrogen-bond donors (Lipinski definition) is 0. The lowest BCUT2D eigenvalue weighted by Crippen LogP contribution is -2.61. The van der Waals surface area contributed by atoms with Crippen LogP contribution in [0.3, 0.4) is 0 Å². The molecule has 2 aromatic heterocycles. The molecule has 0 atom stereocenters. The summed E-state index contributed by atoms with van der Waals surface area (Å²) >= 11 is 0. The molecule has 12 aromatic rings. The summed E-state index contributed by atoms with van der Waals surface area (Å²) in [6, 6.07) is 80.4. The minimum atomic E-state index is -0.194. The van der Waals surface area contributed by atoms with Crippen LogP contribution in [-0.2, 0) is 21.7 Å². The molecule has 2 aliphatic heterocycles. The van der Waals surface area contributed by atoms with Crippen molar-refractivity contribution in [1.29, 1.82) is 0 Å². The van der Waals surface area contributed by atoms with E-state index in [4.69, 9.17) is 4.42 Å². The van der Waals surface area contributed by atoms with Gasteiger partial charge in [-0.2, -0.15) is 0 Å². The molecular weight excluding hydrogens is 1040 g/mol. The molecule has 6 heteroatoms. The summed E-state index contributed by atoms with van der Waals surface area (Å²) in [4.78, 5) is 7.68. The number of aryl methyl sites for hydroxylation is 2. The van der Waals surface area contributed by atoms with Crippen molar-refractivity contribution < 1.29 is 4.42 Å². The van der Waals surface area contributed by atoms with Crippen molar-refractivity contribution in [3.8, 4) is 17.0 Å². The van der Waals surface area contributed by atoms with E-state index in [2.05, 4.69) is 329 Å². The molecule has 0 unspecified atom stereocenters. The number of hydrogen-bond acceptors (Lipinski definition) is 4. The smallest absolute Gasteiger partial charge is 0.252 e. The van der Waals surface area contributed by atoms with Crippen LogP contribution in [0.25, 0.3) is 49.8 Å². The van der Waals surface area contributed by atoms with Gasteiger partial charge >= 0.3 is 0 Å². The van der Waals surface area contributed by atoms with Crippen LogP contribution in [0.2, 0.25) is 0 Å². The molecule has 0 aliphatic carbocycles. The van der Waals surface area contributed by atoms with Crippen LogP contribution in [0.4, 0.5) is 51.2 Å². The molecule has 4 heterocycles. The molecule has 0 saturated carbocycles. The Labute approximate surface area is 509 Å². The first kappa shape index (κ1) is 54.9. The maximum atomic E-state index is 6.67. The second-order valence-corrected chi connectivity index (χ2v) is 28.5. The number of para-hydroxylation sites is 3. The van der Waals surface area contributed by atoms with Gasteiger partial charge in [0.05, 0.1) is 11.0 Å². The van der Waals surface area contributed by atoms with Gasteiger partial charge in [0.15, 0.2) is 0 Å². The minimum absolute atomic E-state index is 0.00993. The Morgan fingerprint density at radius 2 is 0.919 bits per heavy atom. The van der Waals surface area contributed by atoms with Gasteiger partial charge in [0.2, 0.25) is 0 Å². The molecule has 10 aromatic carbocycles. The Kier molecular flexibility index (Phi) is 12.6. The number of benzene rings is 10. The summed E-state index contributed by atoms with van der Waals surface area (Å²) in [5, 5.41) is 3.55. The van der Waals surface area contributed by atoms with Crippen molar-refractivity contribution in [2.75, 3.05) is 14.7 Å². The van der Waals surface area contributed by atoms with E-state index >= 15 is 0 Å². The van der Waals surface area contributed by atoms with Crippen molar-refractivity contribution in [2.24, 2.45) is 0 Å². The predicted molar refractivity (Wildman–Crippen MR) is 369 cm³/mol. The van der Waals surface area contributed by atoms with Gasteiger partial charge in [0.25, 0.3) is 6.71 Å². The Morgan fingerprint density at radius 1 is 0.372 bits per heavy atom. The van der Waals surface area contributed by atoms with Crippen molar-refractivity contribution in [3.05, 3.63) is 246 Å². The first-order valence-electron chi connectivity index (χ1n) is 30.8. The zero-order valence-electron chi connectivity index (χ0n) is 52.5. The van der Waals surface area contributed by atoms with Gasteiger partial charge in [-0.25, -0.2) is 0 Å². The third kappa shape index (κ3) is 9.14. The van der Waals surface area contributed by atoms with E-state index < -0.39 is 0 Å². The zero-order valence-corrected chi connectivity index (χ0v) is 52.5. The fraction of sp³-hybridized carbons (Fsp3) is 0.225. The normalized spacial score (nSPS) is 13.4. The van der Waals surface area contributed by atoms with Crippen LogP contribution in [0.5, 0.6) is 0 Å². The molecule has 0 fully saturated rings. The molecule has 0 amide bonds. The minimum Gasteiger partial charge on any atom is -0.456 e. The van der Waals surface area contributed by atoms with Crippen LogP contribution >= 0.6 is 0 Å². The van der Waals surface area contributed by atoms with Crippen LogP contribution in [-0.4, -0.2) is 11.3 Å². The molecule has 5 nitrogen and oxygen atoms in total. The molecule has 14 rings (SSSR count). The van der Waals surface area contributed by atoms with E-state index in [1.54, 1.807) is 0 Å². The number of anilines is 9. The Balaban J connectivity index is 1.06. The average molecular weight is 1120 g/mol. The molecule has 2 aliphatic rings. The maximum Gasteiger partial charge on any atom is 0.252 e. The molecule has 0 radical (unpaired) electrons. The molecule has 0 N–H and O–H groups in total. The lowest BCUT2D eigenvalue weighted by atomic mass is 9.33. The average Bonchev–Trinajstić information content (AvgIpc) is 0.896. The lowest BCUT2D eigenvalue weighted by Gasteiger charge is -2.46. The van der Waals surface area contributed by atoms with E-state index in [-0.39, 0.29) is 28.4 Å². The van der Waals surface area contributed by atoms with Crippen LogP contribution < -0.4 is 31.1 Å². The number of aromatic nitrogens is 1. The highest BCUT2D eigenvalue weighted by molar-refractivity contribution is 7.00. The molecular formula is C80H77BN4O. The quantitative estimate of drug-likeness (QED) is 0.149. The number of rotatable bonds is 7. The van der Waals surface area contributed by atoms with E-state index in [9.17, 15) is 0 Å². The standard InChI is InChI=1S/C80H77BN4O/c1-50-42-62(43-51(2)75(50)74-44-52-22-18-21-27-73(52)86-74)85-70-49-61(82(58-33-28-53(29-34-58)77(3,4)5)60-37-39-64-63-25-19-20-26-67(63)83(69(64)48-60)57-23-16-15-17-24-57)38-40-65(70)81-66-45-55(79(9,10)11)32-41-68(66)84(59-35-30-54(31-36-59)78(6,7)8)71-46-56(80(12,13)14)47-72(85)76(71)81/h15-49H,1-14H3. The predicted octanol–water partition coefficient (Wildman–Crippen LogP) is 20.6. The summed E-state index contributed by atoms with van der Waals surface area (Å²) in [5.74, 6) is 0.886. The Bertz CT molecular complexity index is 4590. The summed E-state index contributed by atoms with van der Waals surface area (Å²) in [7, 11) is 0. The van der Waals surface area contributed by atoms with Crippen LogP contribution in [0, 0.1) is 13.8 Å². The summed E-state index contributed by atoms with van der Waals surface area (Å²) < 4.78 is 9.10. The zero-order chi connectivity index (χ0) is 59.9. The fourth-order valence-corrected chi connectivity index (χ4v) is 13.8. The highest BCUT2D eigenvalue weighted by atomic mass is 16.3. The summed E-state index contributed by atoms with van der Waals surface area (Å²) in [6.45, 7) is 32.3. The highest BCUT2D eigenvalue weighted by Crippen LogP contribution is 2.50. The largest absolute Gasteiger partial charge is 0.456 e. The molecule has 0 saturated heterocycles. The third-order valence-electron chi connectivity index (χ3n) is 18.4. The van der Waals surface area contributed by atoms with Crippen LogP contribution in [0.15, 0.2) is 217 Å². The topological polar surface area (TPSA) is 27.8 Å². The highest BCUT2D eigenvalue weighted by Gasteiger charge is 2.45. The van der Waals surface area contributed by atoms with E-state index in [0.717, 1.165) is 78.7 Å². The SMILES string of the molecule is Cc1cc(N2c3cc(N(c4ccc(C(C)(C)C)cc4)c4ccc5c6ccccc6n(-c6ccccc6)c5c4)ccc3B3c4cc(C(C)(C)C)ccc4N(c4ccc(C(C)(C)C)cc4)c4cc(C(C)(C)C)cc2c43)cc(C)c1-c1cc2ccccc2o1. The van der Waals surface area contributed by atoms with Crippen molar-refractivity contribution in [2.45, 2.75) is 119 Å². The molecule has 0 spiro atoms. The van der Waals surface area contributed by atoms with Gasteiger partial charge in [0, 0.05) is 78.6 Å². The molecule has 0 bridgehead atoms. The van der Waals surface area contributed by atoms with Gasteiger partial charge in [-0.1, -0.05) is 186 Å². The molecule has 86 heavy (non-hydrogen) atoms. The van der Waals surface area contributed by atoms with E-state index in [1.165, 1.54) is 72.0 Å².